The van der Waals surface area contributed by atoms with E-state index in [9.17, 15) is 15.0 Å². The zero-order valence-electron chi connectivity index (χ0n) is 15.2. The predicted molar refractivity (Wildman–Crippen MR) is 95.9 cm³/mol. The fraction of sp³-hybridized carbons (Fsp3) is 0.316. The Morgan fingerprint density at radius 2 is 1.70 bits per heavy atom. The number of aromatic hydroxyl groups is 1. The summed E-state index contributed by atoms with van der Waals surface area (Å²) in [5, 5.41) is 28.6. The number of hydrogen-bond acceptors (Lipinski definition) is 7. The lowest BCUT2D eigenvalue weighted by Gasteiger charge is -2.27. The minimum atomic E-state index is -1.09. The average Bonchev–Trinajstić information content (AvgIpc) is 2.68. The number of ether oxygens (including phenoxy) is 4. The van der Waals surface area contributed by atoms with Crippen molar-refractivity contribution in [3.05, 3.63) is 47.5 Å². The summed E-state index contributed by atoms with van der Waals surface area (Å²) in [6.45, 7) is -0.383. The van der Waals surface area contributed by atoms with Crippen LogP contribution in [0.2, 0.25) is 0 Å². The maximum absolute atomic E-state index is 11.1. The van der Waals surface area contributed by atoms with Crippen LogP contribution in [0.5, 0.6) is 23.0 Å². The van der Waals surface area contributed by atoms with Crippen LogP contribution in [0.25, 0.3) is 0 Å². The standard InChI is InChI=1S/C19H22O8/c1-24-15-8-11(4-6-13(15)21)18(26-3)17(10-20)27-14-7-5-12(19(22)23)9-16(14)25-2/h4-9,17-18,20-21H,10H2,1-3H3,(H,22,23). The van der Waals surface area contributed by atoms with Crippen LogP contribution in [-0.4, -0.2) is 55.3 Å². The molecule has 0 bridgehead atoms. The first kappa shape index (κ1) is 20.3. The monoisotopic (exact) mass is 378 g/mol. The molecule has 0 aliphatic rings. The van der Waals surface area contributed by atoms with Crippen molar-refractivity contribution in [3.63, 3.8) is 0 Å². The first-order chi connectivity index (χ1) is 12.9. The van der Waals surface area contributed by atoms with Gasteiger partial charge in [0.05, 0.1) is 26.4 Å². The molecular formula is C19H22O8. The highest BCUT2D eigenvalue weighted by atomic mass is 16.6. The van der Waals surface area contributed by atoms with Gasteiger partial charge in [-0.05, 0) is 35.9 Å². The van der Waals surface area contributed by atoms with Gasteiger partial charge in [-0.3, -0.25) is 0 Å². The van der Waals surface area contributed by atoms with E-state index in [1.165, 1.54) is 45.6 Å². The third kappa shape index (κ3) is 4.60. The van der Waals surface area contributed by atoms with E-state index in [-0.39, 0.29) is 35.2 Å². The maximum Gasteiger partial charge on any atom is 0.335 e. The molecule has 0 aliphatic heterocycles. The van der Waals surface area contributed by atoms with Crippen LogP contribution in [0.15, 0.2) is 36.4 Å². The number of carboxylic acid groups (broad SMARTS) is 1. The Hall–Kier alpha value is -2.97. The van der Waals surface area contributed by atoms with Crippen molar-refractivity contribution < 1.29 is 39.1 Å². The minimum Gasteiger partial charge on any atom is -0.504 e. The lowest BCUT2D eigenvalue weighted by molar-refractivity contribution is -0.0265. The molecule has 0 amide bonds. The molecular weight excluding hydrogens is 356 g/mol. The molecule has 0 aliphatic carbocycles. The Morgan fingerprint density at radius 3 is 2.26 bits per heavy atom. The second-order valence-electron chi connectivity index (χ2n) is 5.60. The summed E-state index contributed by atoms with van der Waals surface area (Å²) in [6.07, 6.45) is -1.51. The Bertz CT molecular complexity index is 789. The number of phenols is 1. The molecule has 2 rings (SSSR count). The van der Waals surface area contributed by atoms with Gasteiger partial charge >= 0.3 is 5.97 Å². The van der Waals surface area contributed by atoms with Crippen molar-refractivity contribution in [2.75, 3.05) is 27.9 Å². The Balaban J connectivity index is 2.33. The number of benzene rings is 2. The first-order valence-corrected chi connectivity index (χ1v) is 8.03. The number of aromatic carboxylic acids is 1. The van der Waals surface area contributed by atoms with Crippen LogP contribution in [-0.2, 0) is 4.74 Å². The number of carboxylic acids is 1. The number of aliphatic hydroxyl groups excluding tert-OH is 1. The summed E-state index contributed by atoms with van der Waals surface area (Å²) in [5.74, 6) is -0.386. The van der Waals surface area contributed by atoms with E-state index in [4.69, 9.17) is 24.1 Å². The summed E-state index contributed by atoms with van der Waals surface area (Å²) >= 11 is 0. The van der Waals surface area contributed by atoms with Crippen LogP contribution >= 0.6 is 0 Å². The Labute approximate surface area is 156 Å². The first-order valence-electron chi connectivity index (χ1n) is 8.03. The molecule has 146 valence electrons. The van der Waals surface area contributed by atoms with E-state index in [1.54, 1.807) is 12.1 Å². The molecule has 2 atom stereocenters. The van der Waals surface area contributed by atoms with Gasteiger partial charge in [-0.2, -0.15) is 0 Å². The van der Waals surface area contributed by atoms with Gasteiger partial charge in [-0.25, -0.2) is 4.79 Å². The van der Waals surface area contributed by atoms with E-state index in [0.717, 1.165) is 0 Å². The molecule has 0 radical (unpaired) electrons. The molecule has 8 heteroatoms. The minimum absolute atomic E-state index is 0.0245. The van der Waals surface area contributed by atoms with Crippen LogP contribution in [0.3, 0.4) is 0 Å². The van der Waals surface area contributed by atoms with Gasteiger partial charge in [-0.1, -0.05) is 6.07 Å². The molecule has 8 nitrogen and oxygen atoms in total. The van der Waals surface area contributed by atoms with Crippen molar-refractivity contribution in [1.29, 1.82) is 0 Å². The van der Waals surface area contributed by atoms with Gasteiger partial charge in [0.15, 0.2) is 29.1 Å². The van der Waals surface area contributed by atoms with Gasteiger partial charge in [0.2, 0.25) is 0 Å². The van der Waals surface area contributed by atoms with Gasteiger partial charge in [-0.15, -0.1) is 0 Å². The summed E-state index contributed by atoms with van der Waals surface area (Å²) in [7, 11) is 4.27. The molecule has 0 heterocycles. The number of rotatable bonds is 9. The highest BCUT2D eigenvalue weighted by molar-refractivity contribution is 5.88. The van der Waals surface area contributed by atoms with E-state index in [1.807, 2.05) is 0 Å². The lowest BCUT2D eigenvalue weighted by Crippen LogP contribution is -2.30. The zero-order chi connectivity index (χ0) is 20.0. The highest BCUT2D eigenvalue weighted by Gasteiger charge is 2.27. The number of methoxy groups -OCH3 is 3. The number of aliphatic hydroxyl groups is 1. The third-order valence-electron chi connectivity index (χ3n) is 3.99. The second-order valence-corrected chi connectivity index (χ2v) is 5.60. The van der Waals surface area contributed by atoms with Gasteiger partial charge in [0.25, 0.3) is 0 Å². The molecule has 0 saturated carbocycles. The SMILES string of the molecule is COc1cc(C(OC)C(CO)Oc2ccc(C(=O)O)cc2OC)ccc1O. The van der Waals surface area contributed by atoms with Crippen molar-refractivity contribution in [2.24, 2.45) is 0 Å². The molecule has 2 unspecified atom stereocenters. The summed E-state index contributed by atoms with van der Waals surface area (Å²) in [6, 6.07) is 8.83. The normalized spacial score (nSPS) is 12.9. The lowest BCUT2D eigenvalue weighted by atomic mass is 10.0. The van der Waals surface area contributed by atoms with Gasteiger partial charge in [0, 0.05) is 7.11 Å². The number of carbonyl (C=O) groups is 1. The largest absolute Gasteiger partial charge is 0.504 e. The van der Waals surface area contributed by atoms with Gasteiger partial charge < -0.3 is 34.3 Å². The quantitative estimate of drug-likeness (QED) is 0.609. The van der Waals surface area contributed by atoms with E-state index < -0.39 is 18.2 Å². The molecule has 2 aromatic rings. The predicted octanol–water partition coefficient (Wildman–Crippen LogP) is 2.24. The van der Waals surface area contributed by atoms with Gasteiger partial charge in [0.1, 0.15) is 6.10 Å². The van der Waals surface area contributed by atoms with E-state index in [0.29, 0.717) is 5.56 Å². The summed E-state index contributed by atoms with van der Waals surface area (Å²) in [5.41, 5.74) is 0.665. The fourth-order valence-corrected chi connectivity index (χ4v) is 2.63. The van der Waals surface area contributed by atoms with Crippen LogP contribution in [0.1, 0.15) is 22.0 Å². The Morgan fingerprint density at radius 1 is 1.00 bits per heavy atom. The zero-order valence-corrected chi connectivity index (χ0v) is 15.2. The fourth-order valence-electron chi connectivity index (χ4n) is 2.63. The number of hydrogen-bond donors (Lipinski definition) is 3. The molecule has 0 saturated heterocycles. The topological polar surface area (TPSA) is 115 Å². The second kappa shape index (κ2) is 9.11. The smallest absolute Gasteiger partial charge is 0.335 e. The molecule has 27 heavy (non-hydrogen) atoms. The van der Waals surface area contributed by atoms with Crippen LogP contribution < -0.4 is 14.2 Å². The molecule has 0 fully saturated rings. The van der Waals surface area contributed by atoms with Crippen molar-refractivity contribution in [3.8, 4) is 23.0 Å². The van der Waals surface area contributed by atoms with Crippen LogP contribution in [0, 0.1) is 0 Å². The molecule has 0 aromatic heterocycles. The van der Waals surface area contributed by atoms with E-state index in [2.05, 4.69) is 0 Å². The third-order valence-corrected chi connectivity index (χ3v) is 3.99. The Kier molecular flexibility index (Phi) is 6.86. The maximum atomic E-state index is 11.1. The van der Waals surface area contributed by atoms with Crippen molar-refractivity contribution in [2.45, 2.75) is 12.2 Å². The summed E-state index contributed by atoms with van der Waals surface area (Å²) < 4.78 is 21.6. The van der Waals surface area contributed by atoms with Crippen molar-refractivity contribution in [1.82, 2.24) is 0 Å². The van der Waals surface area contributed by atoms with Crippen LogP contribution in [0.4, 0.5) is 0 Å². The van der Waals surface area contributed by atoms with E-state index >= 15 is 0 Å². The number of phenolic OH excluding ortho intramolecular Hbond substituents is 1. The summed E-state index contributed by atoms with van der Waals surface area (Å²) in [4.78, 5) is 11.1. The highest BCUT2D eigenvalue weighted by Crippen LogP contribution is 2.35. The molecule has 2 aromatic carbocycles. The molecule has 3 N–H and O–H groups in total. The average molecular weight is 378 g/mol. The van der Waals surface area contributed by atoms with Crippen molar-refractivity contribution >= 4 is 5.97 Å². The molecule has 0 spiro atoms.